The van der Waals surface area contributed by atoms with Gasteiger partial charge in [-0.15, -0.1) is 0 Å². The molecule has 0 spiro atoms. The van der Waals surface area contributed by atoms with E-state index < -0.39 is 0 Å². The highest BCUT2D eigenvalue weighted by Crippen LogP contribution is 1.96. The molecule has 1 N–H and O–H groups in total. The zero-order valence-corrected chi connectivity index (χ0v) is 8.88. The molecule has 0 amide bonds. The summed E-state index contributed by atoms with van der Waals surface area (Å²) in [7, 11) is 1.66. The molecule has 0 rings (SSSR count). The van der Waals surface area contributed by atoms with E-state index in [0.29, 0.717) is 13.2 Å². The Hall–Kier alpha value is -0.380. The highest BCUT2D eigenvalue weighted by molar-refractivity contribution is 4.65. The Bertz CT molecular complexity index is 135. The molecular formula is C10H22N2O. The highest BCUT2D eigenvalue weighted by atomic mass is 16.5. The molecular weight excluding hydrogens is 164 g/mol. The average Bonchev–Trinajstić information content (AvgIpc) is 2.04. The number of hydroxylamine groups is 3. The molecule has 1 unspecified atom stereocenters. The van der Waals surface area contributed by atoms with Crippen LogP contribution in [0.4, 0.5) is 0 Å². The fourth-order valence-electron chi connectivity index (χ4n) is 1.15. The predicted octanol–water partition coefficient (Wildman–Crippen LogP) is 1.85. The van der Waals surface area contributed by atoms with E-state index in [0.717, 1.165) is 13.0 Å². The van der Waals surface area contributed by atoms with Crippen LogP contribution in [0, 0.1) is 5.21 Å². The lowest BCUT2D eigenvalue weighted by Gasteiger charge is -2.37. The summed E-state index contributed by atoms with van der Waals surface area (Å²) < 4.78 is -0.268. The summed E-state index contributed by atoms with van der Waals surface area (Å²) in [4.78, 5) is 0. The van der Waals surface area contributed by atoms with Gasteiger partial charge in [0, 0.05) is 6.54 Å². The smallest absolute Gasteiger partial charge is 0.132 e. The molecule has 0 saturated carbocycles. The number of nitrogens with zero attached hydrogens (tertiary/aromatic N) is 1. The first-order chi connectivity index (χ1) is 6.12. The summed E-state index contributed by atoms with van der Waals surface area (Å²) in [6.45, 7) is 7.63. The molecule has 0 radical (unpaired) electrons. The van der Waals surface area contributed by atoms with E-state index in [1.165, 1.54) is 12.8 Å². The lowest BCUT2D eigenvalue weighted by atomic mass is 10.2. The lowest BCUT2D eigenvalue weighted by molar-refractivity contribution is -0.857. The van der Waals surface area contributed by atoms with Gasteiger partial charge in [0.25, 0.3) is 0 Å². The molecule has 0 bridgehead atoms. The van der Waals surface area contributed by atoms with E-state index in [1.54, 1.807) is 13.1 Å². The standard InChI is InChI=1S/C10H22N2O/c1-4-6-7-8-11-10-12(3,13)9-5-2/h5,11H,2,4,6-10H2,1,3H3. The lowest BCUT2D eigenvalue weighted by Crippen LogP contribution is -2.45. The van der Waals surface area contributed by atoms with Crippen LogP contribution in [0.3, 0.4) is 0 Å². The molecule has 0 aliphatic carbocycles. The Morgan fingerprint density at radius 1 is 1.46 bits per heavy atom. The molecule has 0 saturated heterocycles. The summed E-state index contributed by atoms with van der Waals surface area (Å²) in [5.74, 6) is 0. The monoisotopic (exact) mass is 186 g/mol. The normalized spacial score (nSPS) is 15.3. The average molecular weight is 186 g/mol. The van der Waals surface area contributed by atoms with Gasteiger partial charge in [-0.05, 0) is 12.5 Å². The zero-order chi connectivity index (χ0) is 10.2. The third kappa shape index (κ3) is 7.96. The quantitative estimate of drug-likeness (QED) is 0.206. The van der Waals surface area contributed by atoms with E-state index in [4.69, 9.17) is 0 Å². The summed E-state index contributed by atoms with van der Waals surface area (Å²) in [5, 5.41) is 14.7. The Labute approximate surface area is 81.6 Å². The number of quaternary nitrogens is 1. The maximum Gasteiger partial charge on any atom is 0.132 e. The molecule has 3 nitrogen and oxygen atoms in total. The SMILES string of the molecule is C=CC[N+](C)([O-])CNCCCCC. The molecule has 3 heteroatoms. The fraction of sp³-hybridized carbons (Fsp3) is 0.800. The zero-order valence-electron chi connectivity index (χ0n) is 8.88. The van der Waals surface area contributed by atoms with Crippen molar-refractivity contribution >= 4 is 0 Å². The maximum absolute atomic E-state index is 11.5. The largest absolute Gasteiger partial charge is 0.632 e. The summed E-state index contributed by atoms with van der Waals surface area (Å²) in [6, 6.07) is 0. The Balaban J connectivity index is 3.34. The van der Waals surface area contributed by atoms with Crippen molar-refractivity contribution < 1.29 is 4.65 Å². The summed E-state index contributed by atoms with van der Waals surface area (Å²) in [6.07, 6.45) is 5.28. The number of nitrogens with one attached hydrogen (secondary N) is 1. The number of rotatable bonds is 8. The van der Waals surface area contributed by atoms with E-state index in [9.17, 15) is 5.21 Å². The third-order valence-electron chi connectivity index (χ3n) is 1.92. The Kier molecular flexibility index (Phi) is 6.86. The van der Waals surface area contributed by atoms with Crippen LogP contribution in [0.2, 0.25) is 0 Å². The van der Waals surface area contributed by atoms with Crippen molar-refractivity contribution in [1.82, 2.24) is 5.32 Å². The van der Waals surface area contributed by atoms with Crippen molar-refractivity contribution in [3.63, 3.8) is 0 Å². The van der Waals surface area contributed by atoms with Crippen LogP contribution in [0.15, 0.2) is 12.7 Å². The molecule has 0 fully saturated rings. The third-order valence-corrected chi connectivity index (χ3v) is 1.92. The highest BCUT2D eigenvalue weighted by Gasteiger charge is 2.05. The minimum Gasteiger partial charge on any atom is -0.632 e. The molecule has 0 heterocycles. The molecule has 13 heavy (non-hydrogen) atoms. The van der Waals surface area contributed by atoms with Crippen molar-refractivity contribution in [2.75, 3.05) is 26.8 Å². The number of likely N-dealkylation sites (N-methyl/N-ethyl adjacent to an activating group) is 1. The minimum atomic E-state index is -0.268. The number of hydrogen-bond donors (Lipinski definition) is 1. The van der Waals surface area contributed by atoms with Crippen LogP contribution in [0.25, 0.3) is 0 Å². The first kappa shape index (κ1) is 12.6. The van der Waals surface area contributed by atoms with Gasteiger partial charge in [-0.25, -0.2) is 0 Å². The molecule has 0 aromatic heterocycles. The van der Waals surface area contributed by atoms with Crippen molar-refractivity contribution in [1.29, 1.82) is 0 Å². The first-order valence-electron chi connectivity index (χ1n) is 4.99. The van der Waals surface area contributed by atoms with Gasteiger partial charge in [0.15, 0.2) is 0 Å². The Morgan fingerprint density at radius 3 is 2.69 bits per heavy atom. The van der Waals surface area contributed by atoms with Crippen molar-refractivity contribution in [2.24, 2.45) is 0 Å². The topological polar surface area (TPSA) is 35.1 Å². The maximum atomic E-state index is 11.5. The van der Waals surface area contributed by atoms with Gasteiger partial charge < -0.3 is 9.85 Å². The molecule has 0 aromatic carbocycles. The predicted molar refractivity (Wildman–Crippen MR) is 57.0 cm³/mol. The van der Waals surface area contributed by atoms with Crippen LogP contribution in [-0.4, -0.2) is 31.5 Å². The molecule has 0 aromatic rings. The molecule has 0 aliphatic heterocycles. The fourth-order valence-corrected chi connectivity index (χ4v) is 1.15. The van der Waals surface area contributed by atoms with Gasteiger partial charge in [0.2, 0.25) is 0 Å². The van der Waals surface area contributed by atoms with Crippen molar-refractivity contribution in [3.05, 3.63) is 17.9 Å². The van der Waals surface area contributed by atoms with Gasteiger partial charge in [-0.3, -0.25) is 5.32 Å². The Morgan fingerprint density at radius 2 is 2.15 bits per heavy atom. The number of unbranched alkanes of at least 4 members (excludes halogenated alkanes) is 2. The summed E-state index contributed by atoms with van der Waals surface area (Å²) >= 11 is 0. The van der Waals surface area contributed by atoms with Crippen LogP contribution >= 0.6 is 0 Å². The first-order valence-corrected chi connectivity index (χ1v) is 4.99. The molecule has 1 atom stereocenters. The second kappa shape index (κ2) is 7.06. The van der Waals surface area contributed by atoms with E-state index in [1.807, 2.05) is 0 Å². The van der Waals surface area contributed by atoms with Gasteiger partial charge in [0.1, 0.15) is 6.67 Å². The van der Waals surface area contributed by atoms with E-state index >= 15 is 0 Å². The van der Waals surface area contributed by atoms with Crippen LogP contribution < -0.4 is 5.32 Å². The molecule has 78 valence electrons. The molecule has 0 aliphatic rings. The van der Waals surface area contributed by atoms with E-state index in [2.05, 4.69) is 18.8 Å². The number of hydrogen-bond acceptors (Lipinski definition) is 2. The van der Waals surface area contributed by atoms with Gasteiger partial charge in [-0.1, -0.05) is 26.3 Å². The minimum absolute atomic E-state index is 0.268. The van der Waals surface area contributed by atoms with Gasteiger partial charge in [-0.2, -0.15) is 0 Å². The van der Waals surface area contributed by atoms with Crippen molar-refractivity contribution in [2.45, 2.75) is 26.2 Å². The van der Waals surface area contributed by atoms with Gasteiger partial charge in [0.05, 0.1) is 13.6 Å². The second-order valence-corrected chi connectivity index (χ2v) is 3.63. The summed E-state index contributed by atoms with van der Waals surface area (Å²) in [5.41, 5.74) is 0. The van der Waals surface area contributed by atoms with Crippen LogP contribution in [-0.2, 0) is 0 Å². The van der Waals surface area contributed by atoms with Crippen molar-refractivity contribution in [3.8, 4) is 0 Å². The van der Waals surface area contributed by atoms with Gasteiger partial charge >= 0.3 is 0 Å². The van der Waals surface area contributed by atoms with E-state index in [-0.39, 0.29) is 4.65 Å². The van der Waals surface area contributed by atoms with Crippen LogP contribution in [0.1, 0.15) is 26.2 Å². The van der Waals surface area contributed by atoms with Crippen LogP contribution in [0.5, 0.6) is 0 Å². The second-order valence-electron chi connectivity index (χ2n) is 3.63.